The zero-order chi connectivity index (χ0) is 12.2. The van der Waals surface area contributed by atoms with Gasteiger partial charge in [-0.1, -0.05) is 44.2 Å². The van der Waals surface area contributed by atoms with Gasteiger partial charge in [-0.25, -0.2) is 0 Å². The van der Waals surface area contributed by atoms with Crippen LogP contribution in [0.15, 0.2) is 30.3 Å². The molecular formula is C13H20O3. The van der Waals surface area contributed by atoms with Gasteiger partial charge in [0.25, 0.3) is 0 Å². The van der Waals surface area contributed by atoms with Gasteiger partial charge in [0.15, 0.2) is 0 Å². The van der Waals surface area contributed by atoms with Crippen LogP contribution in [-0.2, 0) is 15.3 Å². The summed E-state index contributed by atoms with van der Waals surface area (Å²) < 4.78 is 10.8. The van der Waals surface area contributed by atoms with Crippen molar-refractivity contribution in [2.75, 3.05) is 14.2 Å². The minimum absolute atomic E-state index is 0.0418. The Labute approximate surface area is 97.0 Å². The van der Waals surface area contributed by atoms with Crippen molar-refractivity contribution < 1.29 is 14.6 Å². The van der Waals surface area contributed by atoms with Crippen LogP contribution in [0, 0.1) is 5.92 Å². The smallest absolute Gasteiger partial charge is 0.221 e. The van der Waals surface area contributed by atoms with Gasteiger partial charge in [-0.2, -0.15) is 0 Å². The molecule has 3 heteroatoms. The second kappa shape index (κ2) is 5.43. The van der Waals surface area contributed by atoms with Crippen LogP contribution in [0.25, 0.3) is 0 Å². The molecule has 0 fully saturated rings. The number of aliphatic hydroxyl groups excluding tert-OH is 1. The van der Waals surface area contributed by atoms with Crippen LogP contribution in [-0.4, -0.2) is 25.4 Å². The third-order valence-electron chi connectivity index (χ3n) is 2.80. The number of aliphatic hydroxyl groups is 1. The van der Waals surface area contributed by atoms with Gasteiger partial charge in [0.05, 0.1) is 0 Å². The van der Waals surface area contributed by atoms with Gasteiger partial charge < -0.3 is 14.6 Å². The Morgan fingerprint density at radius 2 is 1.56 bits per heavy atom. The van der Waals surface area contributed by atoms with E-state index in [9.17, 15) is 5.11 Å². The normalized spacial score (nSPS) is 14.1. The van der Waals surface area contributed by atoms with E-state index in [0.717, 1.165) is 5.56 Å². The van der Waals surface area contributed by atoms with Gasteiger partial charge in [0, 0.05) is 19.8 Å². The van der Waals surface area contributed by atoms with Gasteiger partial charge in [0.1, 0.15) is 6.10 Å². The van der Waals surface area contributed by atoms with Gasteiger partial charge in [-0.3, -0.25) is 0 Å². The van der Waals surface area contributed by atoms with Crippen LogP contribution in [0.1, 0.15) is 19.4 Å². The summed E-state index contributed by atoms with van der Waals surface area (Å²) >= 11 is 0. The maximum absolute atomic E-state index is 10.2. The molecule has 1 atom stereocenters. The van der Waals surface area contributed by atoms with Crippen LogP contribution < -0.4 is 0 Å². The number of benzene rings is 1. The lowest BCUT2D eigenvalue weighted by molar-refractivity contribution is -0.277. The van der Waals surface area contributed by atoms with Crippen molar-refractivity contribution in [2.24, 2.45) is 5.92 Å². The Bertz CT molecular complexity index is 304. The first-order valence-electron chi connectivity index (χ1n) is 5.42. The molecule has 0 saturated carbocycles. The molecule has 0 aromatic heterocycles. The highest BCUT2D eigenvalue weighted by molar-refractivity contribution is 5.22. The summed E-state index contributed by atoms with van der Waals surface area (Å²) in [7, 11) is 3.09. The highest BCUT2D eigenvalue weighted by Crippen LogP contribution is 2.33. The van der Waals surface area contributed by atoms with Crippen molar-refractivity contribution in [3.63, 3.8) is 0 Å². The van der Waals surface area contributed by atoms with E-state index in [4.69, 9.17) is 9.47 Å². The van der Waals surface area contributed by atoms with Crippen molar-refractivity contribution in [2.45, 2.75) is 25.7 Å². The molecule has 16 heavy (non-hydrogen) atoms. The zero-order valence-corrected chi connectivity index (χ0v) is 10.3. The Morgan fingerprint density at radius 3 is 1.94 bits per heavy atom. The summed E-state index contributed by atoms with van der Waals surface area (Å²) in [5, 5.41) is 10.2. The first-order chi connectivity index (χ1) is 7.58. The first kappa shape index (κ1) is 13.2. The van der Waals surface area contributed by atoms with Crippen LogP contribution >= 0.6 is 0 Å². The molecule has 0 bridgehead atoms. The lowest BCUT2D eigenvalue weighted by atomic mass is 9.92. The quantitative estimate of drug-likeness (QED) is 0.779. The summed E-state index contributed by atoms with van der Waals surface area (Å²) in [4.78, 5) is 0. The van der Waals surface area contributed by atoms with E-state index in [1.54, 1.807) is 14.2 Å². The van der Waals surface area contributed by atoms with Crippen LogP contribution in [0.5, 0.6) is 0 Å². The summed E-state index contributed by atoms with van der Waals surface area (Å²) in [5.74, 6) is -1.05. The summed E-state index contributed by atoms with van der Waals surface area (Å²) in [5.41, 5.74) is 0.821. The molecule has 0 saturated heterocycles. The van der Waals surface area contributed by atoms with E-state index < -0.39 is 11.9 Å². The minimum Gasteiger partial charge on any atom is -0.387 e. The molecule has 0 aliphatic rings. The monoisotopic (exact) mass is 224 g/mol. The SMILES string of the molecule is COC(OC)(c1ccccc1)C(O)C(C)C. The lowest BCUT2D eigenvalue weighted by Crippen LogP contribution is -2.46. The van der Waals surface area contributed by atoms with Crippen molar-refractivity contribution in [3.05, 3.63) is 35.9 Å². The molecule has 1 unspecified atom stereocenters. The highest BCUT2D eigenvalue weighted by atomic mass is 16.7. The molecule has 0 amide bonds. The fourth-order valence-electron chi connectivity index (χ4n) is 1.84. The third-order valence-corrected chi connectivity index (χ3v) is 2.80. The fourth-order valence-corrected chi connectivity index (χ4v) is 1.84. The molecule has 0 heterocycles. The number of hydrogen-bond acceptors (Lipinski definition) is 3. The van der Waals surface area contributed by atoms with Gasteiger partial charge in [-0.05, 0) is 5.92 Å². The summed E-state index contributed by atoms with van der Waals surface area (Å²) in [6.45, 7) is 3.86. The van der Waals surface area contributed by atoms with E-state index in [1.165, 1.54) is 0 Å². The molecule has 1 aromatic carbocycles. The predicted octanol–water partition coefficient (Wildman–Crippen LogP) is 2.15. The van der Waals surface area contributed by atoms with Crippen molar-refractivity contribution >= 4 is 0 Å². The second-order valence-electron chi connectivity index (χ2n) is 4.13. The van der Waals surface area contributed by atoms with E-state index in [1.807, 2.05) is 44.2 Å². The Balaban J connectivity index is 3.15. The molecule has 90 valence electrons. The number of methoxy groups -OCH3 is 2. The minimum atomic E-state index is -1.09. The average molecular weight is 224 g/mol. The Kier molecular flexibility index (Phi) is 4.47. The van der Waals surface area contributed by atoms with Crippen molar-refractivity contribution in [3.8, 4) is 0 Å². The molecular weight excluding hydrogens is 204 g/mol. The molecule has 3 nitrogen and oxygen atoms in total. The Morgan fingerprint density at radius 1 is 1.06 bits per heavy atom. The molecule has 1 aromatic rings. The number of rotatable bonds is 5. The second-order valence-corrected chi connectivity index (χ2v) is 4.13. The third kappa shape index (κ3) is 2.26. The van der Waals surface area contributed by atoms with E-state index in [-0.39, 0.29) is 5.92 Å². The molecule has 0 aliphatic heterocycles. The van der Waals surface area contributed by atoms with Crippen molar-refractivity contribution in [1.29, 1.82) is 0 Å². The first-order valence-corrected chi connectivity index (χ1v) is 5.42. The Hall–Kier alpha value is -0.900. The molecule has 0 spiro atoms. The maximum atomic E-state index is 10.2. The number of ether oxygens (including phenoxy) is 2. The van der Waals surface area contributed by atoms with Gasteiger partial charge in [0.2, 0.25) is 5.79 Å². The van der Waals surface area contributed by atoms with Gasteiger partial charge in [-0.15, -0.1) is 0 Å². The zero-order valence-electron chi connectivity index (χ0n) is 10.3. The van der Waals surface area contributed by atoms with Gasteiger partial charge >= 0.3 is 0 Å². The largest absolute Gasteiger partial charge is 0.387 e. The fraction of sp³-hybridized carbons (Fsp3) is 0.538. The van der Waals surface area contributed by atoms with E-state index in [0.29, 0.717) is 0 Å². The van der Waals surface area contributed by atoms with Crippen molar-refractivity contribution in [1.82, 2.24) is 0 Å². The molecule has 0 aliphatic carbocycles. The maximum Gasteiger partial charge on any atom is 0.221 e. The van der Waals surface area contributed by atoms with E-state index in [2.05, 4.69) is 0 Å². The van der Waals surface area contributed by atoms with Crippen LogP contribution in [0.2, 0.25) is 0 Å². The molecule has 1 N–H and O–H groups in total. The summed E-state index contributed by atoms with van der Waals surface area (Å²) in [6, 6.07) is 9.49. The standard InChI is InChI=1S/C13H20O3/c1-10(2)12(14)13(15-3,16-4)11-8-6-5-7-9-11/h5-10,12,14H,1-4H3. The predicted molar refractivity (Wildman–Crippen MR) is 63.0 cm³/mol. The molecule has 0 radical (unpaired) electrons. The number of hydrogen-bond donors (Lipinski definition) is 1. The lowest BCUT2D eigenvalue weighted by Gasteiger charge is -2.37. The summed E-state index contributed by atoms with van der Waals surface area (Å²) in [6.07, 6.45) is -0.718. The average Bonchev–Trinajstić information content (AvgIpc) is 2.32. The molecule has 1 rings (SSSR count). The van der Waals surface area contributed by atoms with Crippen LogP contribution in [0.4, 0.5) is 0 Å². The van der Waals surface area contributed by atoms with E-state index >= 15 is 0 Å². The van der Waals surface area contributed by atoms with Crippen LogP contribution in [0.3, 0.4) is 0 Å². The highest BCUT2D eigenvalue weighted by Gasteiger charge is 2.41. The topological polar surface area (TPSA) is 38.7 Å².